The lowest BCUT2D eigenvalue weighted by atomic mass is 10.0. The van der Waals surface area contributed by atoms with Crippen LogP contribution in [0.15, 0.2) is 29.6 Å². The summed E-state index contributed by atoms with van der Waals surface area (Å²) in [4.78, 5) is 5.71. The molecular weight excluding hydrogens is 254 g/mol. The van der Waals surface area contributed by atoms with Crippen molar-refractivity contribution in [1.82, 2.24) is 4.98 Å². The fraction of sp³-hybridized carbons (Fsp3) is 0.333. The van der Waals surface area contributed by atoms with Gasteiger partial charge in [0.05, 0.1) is 11.6 Å². The van der Waals surface area contributed by atoms with Crippen LogP contribution in [-0.4, -0.2) is 4.98 Å². The van der Waals surface area contributed by atoms with E-state index in [2.05, 4.69) is 41.7 Å². The van der Waals surface area contributed by atoms with Gasteiger partial charge in [-0.15, -0.1) is 11.3 Å². The first-order valence-corrected chi connectivity index (χ1v) is 7.17. The number of nitriles is 1. The molecule has 2 aromatic rings. The summed E-state index contributed by atoms with van der Waals surface area (Å²) in [6.07, 6.45) is 0. The van der Waals surface area contributed by atoms with E-state index in [9.17, 15) is 0 Å². The second kappa shape index (κ2) is 5.85. The van der Waals surface area contributed by atoms with Crippen molar-refractivity contribution in [1.29, 1.82) is 5.26 Å². The molecule has 0 aromatic carbocycles. The minimum atomic E-state index is 0.182. The third-order valence-corrected chi connectivity index (χ3v) is 3.92. The molecule has 2 heterocycles. The van der Waals surface area contributed by atoms with Crippen LogP contribution in [0.3, 0.4) is 0 Å². The first-order valence-electron chi connectivity index (χ1n) is 6.29. The van der Waals surface area contributed by atoms with Crippen molar-refractivity contribution >= 4 is 17.2 Å². The van der Waals surface area contributed by atoms with Crippen LogP contribution in [0.1, 0.15) is 36.0 Å². The van der Waals surface area contributed by atoms with Gasteiger partial charge in [0.25, 0.3) is 0 Å². The van der Waals surface area contributed by atoms with Crippen molar-refractivity contribution in [2.75, 3.05) is 5.32 Å². The van der Waals surface area contributed by atoms with Gasteiger partial charge < -0.3 is 5.32 Å². The lowest BCUT2D eigenvalue weighted by molar-refractivity contribution is 0.552. The molecule has 2 aromatic heterocycles. The SMILES string of the molecule is Cc1ccc(C#N)c(NC(c2cccs2)C(C)C)n1. The maximum atomic E-state index is 9.16. The molecule has 1 unspecified atom stereocenters. The predicted octanol–water partition coefficient (Wildman–Crippen LogP) is 4.13. The number of pyridine rings is 1. The van der Waals surface area contributed by atoms with Gasteiger partial charge in [-0.25, -0.2) is 4.98 Å². The van der Waals surface area contributed by atoms with E-state index in [0.717, 1.165) is 5.69 Å². The third-order valence-electron chi connectivity index (χ3n) is 2.96. The summed E-state index contributed by atoms with van der Waals surface area (Å²) in [5, 5.41) is 14.7. The summed E-state index contributed by atoms with van der Waals surface area (Å²) in [5.74, 6) is 1.10. The van der Waals surface area contributed by atoms with Gasteiger partial charge in [0.15, 0.2) is 0 Å². The Balaban J connectivity index is 2.33. The Labute approximate surface area is 117 Å². The number of nitrogens with one attached hydrogen (secondary N) is 1. The molecule has 0 spiro atoms. The van der Waals surface area contributed by atoms with Gasteiger partial charge in [0.2, 0.25) is 0 Å². The molecule has 19 heavy (non-hydrogen) atoms. The van der Waals surface area contributed by atoms with E-state index in [-0.39, 0.29) is 6.04 Å². The van der Waals surface area contributed by atoms with Crippen molar-refractivity contribution in [2.24, 2.45) is 5.92 Å². The summed E-state index contributed by atoms with van der Waals surface area (Å²) < 4.78 is 0. The van der Waals surface area contributed by atoms with Crippen LogP contribution in [0.4, 0.5) is 5.82 Å². The molecule has 0 bridgehead atoms. The molecule has 4 heteroatoms. The zero-order valence-corrected chi connectivity index (χ0v) is 12.2. The summed E-state index contributed by atoms with van der Waals surface area (Å²) in [7, 11) is 0. The third kappa shape index (κ3) is 3.12. The van der Waals surface area contributed by atoms with Crippen molar-refractivity contribution in [3.63, 3.8) is 0 Å². The molecule has 0 saturated carbocycles. The zero-order valence-electron chi connectivity index (χ0n) is 11.3. The first-order chi connectivity index (χ1) is 9.11. The standard InChI is InChI=1S/C15H17N3S/c1-10(2)14(13-5-4-8-19-13)18-15-12(9-16)7-6-11(3)17-15/h4-8,10,14H,1-3H3,(H,17,18). The Morgan fingerprint density at radius 3 is 2.68 bits per heavy atom. The fourth-order valence-corrected chi connectivity index (χ4v) is 2.89. The Hall–Kier alpha value is -1.86. The number of hydrogen-bond acceptors (Lipinski definition) is 4. The number of rotatable bonds is 4. The maximum Gasteiger partial charge on any atom is 0.144 e. The smallest absolute Gasteiger partial charge is 0.144 e. The summed E-state index contributed by atoms with van der Waals surface area (Å²) in [5.41, 5.74) is 1.50. The average molecular weight is 271 g/mol. The van der Waals surface area contributed by atoms with E-state index in [1.165, 1.54) is 4.88 Å². The van der Waals surface area contributed by atoms with Crippen LogP contribution in [0.2, 0.25) is 0 Å². The molecule has 0 saturated heterocycles. The maximum absolute atomic E-state index is 9.16. The van der Waals surface area contributed by atoms with Crippen molar-refractivity contribution in [3.8, 4) is 6.07 Å². The number of nitrogens with zero attached hydrogens (tertiary/aromatic N) is 2. The highest BCUT2D eigenvalue weighted by Crippen LogP contribution is 2.30. The van der Waals surface area contributed by atoms with E-state index in [1.807, 2.05) is 25.1 Å². The fourth-order valence-electron chi connectivity index (χ4n) is 1.94. The molecular formula is C15H17N3S. The molecule has 2 rings (SSSR count). The summed E-state index contributed by atoms with van der Waals surface area (Å²) in [6.45, 7) is 6.26. The molecule has 0 amide bonds. The van der Waals surface area contributed by atoms with Gasteiger partial charge in [-0.1, -0.05) is 19.9 Å². The average Bonchev–Trinajstić information content (AvgIpc) is 2.89. The highest BCUT2D eigenvalue weighted by atomic mass is 32.1. The van der Waals surface area contributed by atoms with E-state index >= 15 is 0 Å². The van der Waals surface area contributed by atoms with Gasteiger partial charge in [0.1, 0.15) is 11.9 Å². The second-order valence-corrected chi connectivity index (χ2v) is 5.82. The number of anilines is 1. The van der Waals surface area contributed by atoms with Crippen LogP contribution in [0.5, 0.6) is 0 Å². The van der Waals surface area contributed by atoms with Crippen LogP contribution in [-0.2, 0) is 0 Å². The Morgan fingerprint density at radius 2 is 2.11 bits per heavy atom. The van der Waals surface area contributed by atoms with Crippen LogP contribution in [0, 0.1) is 24.2 Å². The normalized spacial score (nSPS) is 12.2. The summed E-state index contributed by atoms with van der Waals surface area (Å²) >= 11 is 1.72. The molecule has 0 aliphatic heterocycles. The van der Waals surface area contributed by atoms with Gasteiger partial charge in [0, 0.05) is 10.6 Å². The number of aryl methyl sites for hydroxylation is 1. The molecule has 0 aliphatic rings. The quantitative estimate of drug-likeness (QED) is 0.909. The van der Waals surface area contributed by atoms with Gasteiger partial charge >= 0.3 is 0 Å². The van der Waals surface area contributed by atoms with Crippen molar-refractivity contribution < 1.29 is 0 Å². The Morgan fingerprint density at radius 1 is 1.32 bits per heavy atom. The highest BCUT2D eigenvalue weighted by molar-refractivity contribution is 7.10. The van der Waals surface area contributed by atoms with Gasteiger partial charge in [-0.2, -0.15) is 5.26 Å². The molecule has 0 fully saturated rings. The first kappa shape index (κ1) is 13.6. The number of hydrogen-bond donors (Lipinski definition) is 1. The van der Waals surface area contributed by atoms with E-state index in [4.69, 9.17) is 5.26 Å². The molecule has 1 atom stereocenters. The van der Waals surface area contributed by atoms with Gasteiger partial charge in [-0.3, -0.25) is 0 Å². The monoisotopic (exact) mass is 271 g/mol. The van der Waals surface area contributed by atoms with Crippen LogP contribution >= 0.6 is 11.3 Å². The van der Waals surface area contributed by atoms with E-state index < -0.39 is 0 Å². The minimum absolute atomic E-state index is 0.182. The van der Waals surface area contributed by atoms with E-state index in [1.54, 1.807) is 11.3 Å². The predicted molar refractivity (Wildman–Crippen MR) is 79.2 cm³/mol. The highest BCUT2D eigenvalue weighted by Gasteiger charge is 2.18. The lowest BCUT2D eigenvalue weighted by Gasteiger charge is -2.22. The van der Waals surface area contributed by atoms with Crippen LogP contribution < -0.4 is 5.32 Å². The Kier molecular flexibility index (Phi) is 4.18. The molecule has 98 valence electrons. The molecule has 3 nitrogen and oxygen atoms in total. The second-order valence-electron chi connectivity index (χ2n) is 4.84. The zero-order chi connectivity index (χ0) is 13.8. The topological polar surface area (TPSA) is 48.7 Å². The molecule has 0 radical (unpaired) electrons. The number of thiophene rings is 1. The van der Waals surface area contributed by atoms with E-state index in [0.29, 0.717) is 17.3 Å². The summed E-state index contributed by atoms with van der Waals surface area (Å²) in [6, 6.07) is 10.2. The Bertz CT molecular complexity index is 582. The van der Waals surface area contributed by atoms with Crippen molar-refractivity contribution in [3.05, 3.63) is 45.8 Å². The van der Waals surface area contributed by atoms with Crippen molar-refractivity contribution in [2.45, 2.75) is 26.8 Å². The van der Waals surface area contributed by atoms with Gasteiger partial charge in [-0.05, 0) is 36.4 Å². The molecule has 1 N–H and O–H groups in total. The minimum Gasteiger partial charge on any atom is -0.361 e. The number of aromatic nitrogens is 1. The lowest BCUT2D eigenvalue weighted by Crippen LogP contribution is -2.17. The molecule has 0 aliphatic carbocycles. The van der Waals surface area contributed by atoms with Crippen LogP contribution in [0.25, 0.3) is 0 Å². The largest absolute Gasteiger partial charge is 0.361 e.